The zero-order valence-electron chi connectivity index (χ0n) is 19.0. The van der Waals surface area contributed by atoms with Crippen molar-refractivity contribution in [2.75, 3.05) is 11.9 Å². The molecule has 32 heavy (non-hydrogen) atoms. The molecule has 1 aliphatic heterocycles. The molecule has 2 aliphatic rings. The molecular formula is C24H31FN4O3. The number of carbonyl (C=O) groups is 3. The Morgan fingerprint density at radius 1 is 1.25 bits per heavy atom. The van der Waals surface area contributed by atoms with Crippen LogP contribution in [0.15, 0.2) is 18.2 Å². The van der Waals surface area contributed by atoms with Crippen molar-refractivity contribution in [2.45, 2.75) is 77.4 Å². The number of aromatic nitrogens is 1. The number of nitrogens with zero attached hydrogens (tertiary/aromatic N) is 2. The van der Waals surface area contributed by atoms with Crippen LogP contribution in [0.4, 0.5) is 10.1 Å². The predicted octanol–water partition coefficient (Wildman–Crippen LogP) is 3.81. The highest BCUT2D eigenvalue weighted by Gasteiger charge is 2.49. The third-order valence-electron chi connectivity index (χ3n) is 6.75. The summed E-state index contributed by atoms with van der Waals surface area (Å²) < 4.78 is 15.8. The van der Waals surface area contributed by atoms with E-state index in [-0.39, 0.29) is 30.3 Å². The molecule has 0 radical (unpaired) electrons. The van der Waals surface area contributed by atoms with E-state index in [9.17, 15) is 18.8 Å². The van der Waals surface area contributed by atoms with Gasteiger partial charge in [-0.2, -0.15) is 0 Å². The molecule has 1 fully saturated rings. The number of halogens is 1. The van der Waals surface area contributed by atoms with Gasteiger partial charge >= 0.3 is 0 Å². The minimum absolute atomic E-state index is 0.134. The SMILES string of the molecule is CCCCN1C(=O)c2c(NC(C)=O)c3cc(F)ccc3n2C[C@@]1(C)C(=O)NC1CCCC1. The van der Waals surface area contributed by atoms with Gasteiger partial charge in [0.15, 0.2) is 0 Å². The minimum Gasteiger partial charge on any atom is -0.351 e. The lowest BCUT2D eigenvalue weighted by molar-refractivity contribution is -0.133. The van der Waals surface area contributed by atoms with Crippen LogP contribution in [0, 0.1) is 5.82 Å². The van der Waals surface area contributed by atoms with Gasteiger partial charge in [0.2, 0.25) is 11.8 Å². The van der Waals surface area contributed by atoms with Gasteiger partial charge in [-0.3, -0.25) is 14.4 Å². The Bertz CT molecular complexity index is 1070. The first kappa shape index (κ1) is 22.3. The number of nitrogens with one attached hydrogen (secondary N) is 2. The van der Waals surface area contributed by atoms with E-state index in [1.165, 1.54) is 19.1 Å². The van der Waals surface area contributed by atoms with Crippen LogP contribution in [0.1, 0.15) is 69.8 Å². The number of fused-ring (bicyclic) bond motifs is 3. The molecule has 1 aromatic carbocycles. The minimum atomic E-state index is -1.09. The number of benzene rings is 1. The maximum Gasteiger partial charge on any atom is 0.273 e. The summed E-state index contributed by atoms with van der Waals surface area (Å²) in [5, 5.41) is 6.36. The van der Waals surface area contributed by atoms with Gasteiger partial charge in [-0.25, -0.2) is 4.39 Å². The van der Waals surface area contributed by atoms with E-state index in [0.717, 1.165) is 38.5 Å². The monoisotopic (exact) mass is 442 g/mol. The van der Waals surface area contributed by atoms with Gasteiger partial charge in [0, 0.05) is 24.9 Å². The zero-order chi connectivity index (χ0) is 23.0. The molecule has 4 rings (SSSR count). The molecule has 2 N–H and O–H groups in total. The summed E-state index contributed by atoms with van der Waals surface area (Å²) in [5.74, 6) is -1.28. The van der Waals surface area contributed by atoms with Crippen molar-refractivity contribution < 1.29 is 18.8 Å². The first-order chi connectivity index (χ1) is 15.3. The summed E-state index contributed by atoms with van der Waals surface area (Å²) >= 11 is 0. The van der Waals surface area contributed by atoms with Crippen molar-refractivity contribution in [3.05, 3.63) is 29.7 Å². The molecule has 8 heteroatoms. The summed E-state index contributed by atoms with van der Waals surface area (Å²) in [5.41, 5.74) is 0.128. The quantitative estimate of drug-likeness (QED) is 0.714. The van der Waals surface area contributed by atoms with Crippen LogP contribution in [-0.2, 0) is 16.1 Å². The molecule has 1 aliphatic carbocycles. The number of carbonyl (C=O) groups excluding carboxylic acids is 3. The summed E-state index contributed by atoms with van der Waals surface area (Å²) in [6.07, 6.45) is 5.72. The van der Waals surface area contributed by atoms with Crippen molar-refractivity contribution in [3.63, 3.8) is 0 Å². The molecule has 2 heterocycles. The Balaban J connectivity index is 1.84. The van der Waals surface area contributed by atoms with Crippen molar-refractivity contribution in [1.82, 2.24) is 14.8 Å². The second-order valence-electron chi connectivity index (χ2n) is 9.19. The van der Waals surface area contributed by atoms with Gasteiger partial charge in [0.25, 0.3) is 5.91 Å². The lowest BCUT2D eigenvalue weighted by Gasteiger charge is -2.44. The van der Waals surface area contributed by atoms with Crippen LogP contribution >= 0.6 is 0 Å². The molecule has 172 valence electrons. The maximum absolute atomic E-state index is 14.1. The Morgan fingerprint density at radius 3 is 2.62 bits per heavy atom. The Morgan fingerprint density at radius 2 is 1.97 bits per heavy atom. The Kier molecular flexibility index (Phi) is 5.97. The third-order valence-corrected chi connectivity index (χ3v) is 6.75. The summed E-state index contributed by atoms with van der Waals surface area (Å²) in [7, 11) is 0. The van der Waals surface area contributed by atoms with Crippen molar-refractivity contribution in [3.8, 4) is 0 Å². The standard InChI is InChI=1S/C24H31FN4O3/c1-4-5-12-29-22(31)21-20(26-15(2)30)18-13-16(25)10-11-19(18)28(21)14-24(29,3)23(32)27-17-8-6-7-9-17/h10-11,13,17H,4-9,12,14H2,1-3H3,(H,26,30)(H,27,32)/t24-/m0/s1. The van der Waals surface area contributed by atoms with Crippen LogP contribution in [0.5, 0.6) is 0 Å². The van der Waals surface area contributed by atoms with Gasteiger partial charge in [0.05, 0.1) is 17.7 Å². The number of hydrogen-bond donors (Lipinski definition) is 2. The topological polar surface area (TPSA) is 83.4 Å². The van der Waals surface area contributed by atoms with E-state index in [1.807, 2.05) is 6.92 Å². The van der Waals surface area contributed by atoms with Gasteiger partial charge in [-0.1, -0.05) is 26.2 Å². The van der Waals surface area contributed by atoms with E-state index >= 15 is 0 Å². The molecule has 3 amide bonds. The Hall–Kier alpha value is -2.90. The normalized spacial score (nSPS) is 21.1. The maximum atomic E-state index is 14.1. The molecule has 2 aromatic rings. The van der Waals surface area contributed by atoms with Crippen LogP contribution < -0.4 is 10.6 Å². The van der Waals surface area contributed by atoms with Gasteiger partial charge < -0.3 is 20.1 Å². The van der Waals surface area contributed by atoms with E-state index < -0.39 is 11.4 Å². The van der Waals surface area contributed by atoms with Crippen LogP contribution in [-0.4, -0.2) is 45.3 Å². The molecule has 1 saturated carbocycles. The average molecular weight is 443 g/mol. The number of unbranched alkanes of at least 4 members (excludes halogenated alkanes) is 1. The largest absolute Gasteiger partial charge is 0.351 e. The highest BCUT2D eigenvalue weighted by atomic mass is 19.1. The Labute approximate surface area is 187 Å². The van der Waals surface area contributed by atoms with Crippen molar-refractivity contribution >= 4 is 34.3 Å². The number of hydrogen-bond acceptors (Lipinski definition) is 3. The number of amides is 3. The molecule has 0 saturated heterocycles. The fraction of sp³-hybridized carbons (Fsp3) is 0.542. The van der Waals surface area contributed by atoms with Crippen molar-refractivity contribution in [2.24, 2.45) is 0 Å². The highest BCUT2D eigenvalue weighted by Crippen LogP contribution is 2.39. The second kappa shape index (κ2) is 8.56. The molecule has 0 bridgehead atoms. The number of anilines is 1. The van der Waals surface area contributed by atoms with Gasteiger partial charge in [-0.15, -0.1) is 0 Å². The van der Waals surface area contributed by atoms with Crippen LogP contribution in [0.2, 0.25) is 0 Å². The summed E-state index contributed by atoms with van der Waals surface area (Å²) in [6, 6.07) is 4.39. The zero-order valence-corrected chi connectivity index (χ0v) is 19.0. The van der Waals surface area contributed by atoms with E-state index in [4.69, 9.17) is 0 Å². The van der Waals surface area contributed by atoms with Crippen LogP contribution in [0.25, 0.3) is 10.9 Å². The average Bonchev–Trinajstić information content (AvgIpc) is 3.34. The lowest BCUT2D eigenvalue weighted by Crippen LogP contribution is -2.65. The number of rotatable bonds is 6. The first-order valence-electron chi connectivity index (χ1n) is 11.5. The second-order valence-corrected chi connectivity index (χ2v) is 9.19. The van der Waals surface area contributed by atoms with Crippen molar-refractivity contribution in [1.29, 1.82) is 0 Å². The van der Waals surface area contributed by atoms with Gasteiger partial charge in [-0.05, 0) is 44.4 Å². The fourth-order valence-corrected chi connectivity index (χ4v) is 5.03. The highest BCUT2D eigenvalue weighted by molar-refractivity contribution is 6.14. The molecule has 1 aromatic heterocycles. The van der Waals surface area contributed by atoms with E-state index in [2.05, 4.69) is 10.6 Å². The third kappa shape index (κ3) is 3.76. The lowest BCUT2D eigenvalue weighted by atomic mass is 9.93. The molecule has 7 nitrogen and oxygen atoms in total. The van der Waals surface area contributed by atoms with E-state index in [1.54, 1.807) is 22.5 Å². The fourth-order valence-electron chi connectivity index (χ4n) is 5.03. The van der Waals surface area contributed by atoms with E-state index in [0.29, 0.717) is 28.8 Å². The molecular weight excluding hydrogens is 411 g/mol. The molecule has 1 atom stereocenters. The molecule has 0 spiro atoms. The smallest absolute Gasteiger partial charge is 0.273 e. The summed E-state index contributed by atoms with van der Waals surface area (Å²) in [4.78, 5) is 40.9. The summed E-state index contributed by atoms with van der Waals surface area (Å²) in [6.45, 7) is 5.86. The molecule has 0 unspecified atom stereocenters. The van der Waals surface area contributed by atoms with Gasteiger partial charge in [0.1, 0.15) is 17.1 Å². The van der Waals surface area contributed by atoms with Crippen LogP contribution in [0.3, 0.4) is 0 Å². The predicted molar refractivity (Wildman–Crippen MR) is 121 cm³/mol. The first-order valence-corrected chi connectivity index (χ1v) is 11.5.